The van der Waals surface area contributed by atoms with E-state index in [1.54, 1.807) is 0 Å². The van der Waals surface area contributed by atoms with Crippen LogP contribution in [-0.2, 0) is 11.3 Å². The van der Waals surface area contributed by atoms with Crippen LogP contribution in [0.1, 0.15) is 44.6 Å². The maximum atomic E-state index is 12.2. The molecule has 21 heavy (non-hydrogen) atoms. The minimum absolute atomic E-state index is 0.0719. The van der Waals surface area contributed by atoms with Crippen molar-refractivity contribution in [1.29, 1.82) is 0 Å². The number of hydrogen-bond acceptors (Lipinski definition) is 3. The molecule has 4 heteroatoms. The number of carbonyl (C=O) groups is 1. The zero-order chi connectivity index (χ0) is 15.1. The molecule has 0 unspecified atom stereocenters. The lowest BCUT2D eigenvalue weighted by molar-refractivity contribution is -0.117. The van der Waals surface area contributed by atoms with E-state index < -0.39 is 6.04 Å². The number of nitrogens with one attached hydrogen (secondary N) is 1. The Morgan fingerprint density at radius 3 is 2.76 bits per heavy atom. The summed E-state index contributed by atoms with van der Waals surface area (Å²) < 4.78 is 0. The fraction of sp³-hybridized carbons (Fsp3) is 0.588. The standard InChI is InChI=1S/C17H27N3O/c1-2-3-9-15(18)17(21)19-16-10-5-4-8-14(16)13-20-11-6-7-12-20/h4-5,8,10,15H,2-3,6-7,9,11-13,18H2,1H3,(H,19,21)/t15-/m0/s1. The van der Waals surface area contributed by atoms with E-state index in [4.69, 9.17) is 5.73 Å². The fourth-order valence-electron chi connectivity index (χ4n) is 2.74. The van der Waals surface area contributed by atoms with E-state index in [0.717, 1.165) is 44.6 Å². The van der Waals surface area contributed by atoms with Gasteiger partial charge in [0.05, 0.1) is 6.04 Å². The molecule has 3 N–H and O–H groups in total. The number of para-hydroxylation sites is 1. The molecule has 1 aromatic carbocycles. The summed E-state index contributed by atoms with van der Waals surface area (Å²) in [6.07, 6.45) is 5.35. The number of anilines is 1. The van der Waals surface area contributed by atoms with Gasteiger partial charge in [0.25, 0.3) is 0 Å². The maximum Gasteiger partial charge on any atom is 0.241 e. The number of benzene rings is 1. The molecule has 0 saturated carbocycles. The number of hydrogen-bond donors (Lipinski definition) is 2. The first-order chi connectivity index (χ1) is 10.2. The molecule has 2 rings (SSSR count). The van der Waals surface area contributed by atoms with E-state index in [9.17, 15) is 4.79 Å². The minimum atomic E-state index is -0.412. The van der Waals surface area contributed by atoms with Crippen molar-refractivity contribution in [1.82, 2.24) is 4.90 Å². The topological polar surface area (TPSA) is 58.4 Å². The largest absolute Gasteiger partial charge is 0.324 e. The molecule has 1 aromatic rings. The van der Waals surface area contributed by atoms with Crippen molar-refractivity contribution in [2.75, 3.05) is 18.4 Å². The lowest BCUT2D eigenvalue weighted by atomic mass is 10.1. The molecule has 0 bridgehead atoms. The molecule has 1 aliphatic rings. The molecule has 1 aliphatic heterocycles. The number of unbranched alkanes of at least 4 members (excludes halogenated alkanes) is 1. The molecule has 4 nitrogen and oxygen atoms in total. The van der Waals surface area contributed by atoms with Gasteiger partial charge in [-0.3, -0.25) is 9.69 Å². The van der Waals surface area contributed by atoms with Crippen molar-refractivity contribution in [3.05, 3.63) is 29.8 Å². The van der Waals surface area contributed by atoms with Gasteiger partial charge in [-0.15, -0.1) is 0 Å². The minimum Gasteiger partial charge on any atom is -0.324 e. The summed E-state index contributed by atoms with van der Waals surface area (Å²) in [7, 11) is 0. The van der Waals surface area contributed by atoms with Gasteiger partial charge < -0.3 is 11.1 Å². The van der Waals surface area contributed by atoms with Gasteiger partial charge in [-0.1, -0.05) is 38.0 Å². The van der Waals surface area contributed by atoms with Crippen LogP contribution < -0.4 is 11.1 Å². The highest BCUT2D eigenvalue weighted by atomic mass is 16.2. The van der Waals surface area contributed by atoms with Crippen LogP contribution in [0.25, 0.3) is 0 Å². The molecular weight excluding hydrogens is 262 g/mol. The van der Waals surface area contributed by atoms with E-state index in [0.29, 0.717) is 0 Å². The number of carbonyl (C=O) groups excluding carboxylic acids is 1. The van der Waals surface area contributed by atoms with Crippen LogP contribution in [0.15, 0.2) is 24.3 Å². The first kappa shape index (κ1) is 16.0. The molecule has 1 atom stereocenters. The highest BCUT2D eigenvalue weighted by molar-refractivity contribution is 5.95. The Bertz CT molecular complexity index is 455. The summed E-state index contributed by atoms with van der Waals surface area (Å²) in [4.78, 5) is 14.6. The number of nitrogens with zero attached hydrogens (tertiary/aromatic N) is 1. The Labute approximate surface area is 127 Å². The molecule has 0 spiro atoms. The van der Waals surface area contributed by atoms with E-state index in [2.05, 4.69) is 23.2 Å². The van der Waals surface area contributed by atoms with Crippen LogP contribution in [0.4, 0.5) is 5.69 Å². The Balaban J connectivity index is 1.97. The Kier molecular flexibility index (Phi) is 6.21. The fourth-order valence-corrected chi connectivity index (χ4v) is 2.74. The van der Waals surface area contributed by atoms with Crippen molar-refractivity contribution in [3.63, 3.8) is 0 Å². The molecule has 1 amide bonds. The van der Waals surface area contributed by atoms with Crippen molar-refractivity contribution >= 4 is 11.6 Å². The maximum absolute atomic E-state index is 12.2. The molecule has 0 aliphatic carbocycles. The van der Waals surface area contributed by atoms with Gasteiger partial charge in [-0.25, -0.2) is 0 Å². The second-order valence-electron chi connectivity index (χ2n) is 5.88. The van der Waals surface area contributed by atoms with Crippen LogP contribution in [0.3, 0.4) is 0 Å². The van der Waals surface area contributed by atoms with Gasteiger partial charge in [-0.2, -0.15) is 0 Å². The number of nitrogens with two attached hydrogens (primary N) is 1. The smallest absolute Gasteiger partial charge is 0.241 e. The molecule has 1 saturated heterocycles. The normalized spacial score (nSPS) is 16.9. The third kappa shape index (κ3) is 4.83. The molecule has 1 heterocycles. The Hall–Kier alpha value is -1.39. The Morgan fingerprint density at radius 2 is 2.05 bits per heavy atom. The summed E-state index contributed by atoms with van der Waals surface area (Å²) in [6, 6.07) is 7.63. The van der Waals surface area contributed by atoms with Crippen LogP contribution >= 0.6 is 0 Å². The zero-order valence-corrected chi connectivity index (χ0v) is 13.0. The number of likely N-dealkylation sites (tertiary alicyclic amines) is 1. The summed E-state index contributed by atoms with van der Waals surface area (Å²) in [5.41, 5.74) is 8.02. The van der Waals surface area contributed by atoms with Gasteiger partial charge in [0, 0.05) is 12.2 Å². The quantitative estimate of drug-likeness (QED) is 0.811. The summed E-state index contributed by atoms with van der Waals surface area (Å²) in [5, 5.41) is 3.00. The van der Waals surface area contributed by atoms with Crippen LogP contribution in [0, 0.1) is 0 Å². The first-order valence-corrected chi connectivity index (χ1v) is 8.07. The predicted molar refractivity (Wildman–Crippen MR) is 87.1 cm³/mol. The molecule has 0 aromatic heterocycles. The number of amides is 1. The predicted octanol–water partition coefficient (Wildman–Crippen LogP) is 2.74. The van der Waals surface area contributed by atoms with Crippen molar-refractivity contribution in [2.45, 2.75) is 51.6 Å². The number of rotatable bonds is 7. The van der Waals surface area contributed by atoms with E-state index >= 15 is 0 Å². The molecule has 0 radical (unpaired) electrons. The van der Waals surface area contributed by atoms with Gasteiger partial charge in [0.15, 0.2) is 0 Å². The SMILES string of the molecule is CCCC[C@H](N)C(=O)Nc1ccccc1CN1CCCC1. The Morgan fingerprint density at radius 1 is 1.33 bits per heavy atom. The monoisotopic (exact) mass is 289 g/mol. The lowest BCUT2D eigenvalue weighted by Crippen LogP contribution is -2.35. The van der Waals surface area contributed by atoms with Gasteiger partial charge in [0.2, 0.25) is 5.91 Å². The lowest BCUT2D eigenvalue weighted by Gasteiger charge is -2.19. The second-order valence-corrected chi connectivity index (χ2v) is 5.88. The van der Waals surface area contributed by atoms with E-state index in [-0.39, 0.29) is 5.91 Å². The molecule has 116 valence electrons. The zero-order valence-electron chi connectivity index (χ0n) is 13.0. The molecule has 1 fully saturated rings. The van der Waals surface area contributed by atoms with Gasteiger partial charge >= 0.3 is 0 Å². The first-order valence-electron chi connectivity index (χ1n) is 8.07. The third-order valence-electron chi connectivity index (χ3n) is 4.07. The van der Waals surface area contributed by atoms with Crippen LogP contribution in [0.2, 0.25) is 0 Å². The highest BCUT2D eigenvalue weighted by Crippen LogP contribution is 2.20. The highest BCUT2D eigenvalue weighted by Gasteiger charge is 2.17. The average molecular weight is 289 g/mol. The average Bonchev–Trinajstić information content (AvgIpc) is 2.99. The van der Waals surface area contributed by atoms with Gasteiger partial charge in [-0.05, 0) is 44.0 Å². The van der Waals surface area contributed by atoms with Crippen molar-refractivity contribution in [2.24, 2.45) is 5.73 Å². The second kappa shape index (κ2) is 8.15. The van der Waals surface area contributed by atoms with Crippen molar-refractivity contribution < 1.29 is 4.79 Å². The summed E-state index contributed by atoms with van der Waals surface area (Å²) >= 11 is 0. The van der Waals surface area contributed by atoms with E-state index in [1.807, 2.05) is 18.2 Å². The van der Waals surface area contributed by atoms with Crippen LogP contribution in [-0.4, -0.2) is 29.9 Å². The summed E-state index contributed by atoms with van der Waals surface area (Å²) in [5.74, 6) is -0.0719. The van der Waals surface area contributed by atoms with Crippen molar-refractivity contribution in [3.8, 4) is 0 Å². The van der Waals surface area contributed by atoms with Gasteiger partial charge in [0.1, 0.15) is 0 Å². The van der Waals surface area contributed by atoms with E-state index in [1.165, 1.54) is 18.4 Å². The molecular formula is C17H27N3O. The van der Waals surface area contributed by atoms with Crippen LogP contribution in [0.5, 0.6) is 0 Å². The summed E-state index contributed by atoms with van der Waals surface area (Å²) in [6.45, 7) is 5.31. The third-order valence-corrected chi connectivity index (χ3v) is 4.07.